The SMILES string of the molecule is C=CCn1ccc2c(OCC(=O)Nc3ccc(OC)cc3OC)cccc2c1=O. The number of nitrogens with zero attached hydrogens (tertiary/aromatic N) is 1. The van der Waals surface area contributed by atoms with Crippen molar-refractivity contribution in [3.63, 3.8) is 0 Å². The first-order valence-corrected chi connectivity index (χ1v) is 8.95. The van der Waals surface area contributed by atoms with Crippen molar-refractivity contribution in [2.24, 2.45) is 0 Å². The van der Waals surface area contributed by atoms with E-state index in [2.05, 4.69) is 11.9 Å². The summed E-state index contributed by atoms with van der Waals surface area (Å²) < 4.78 is 17.7. The lowest BCUT2D eigenvalue weighted by molar-refractivity contribution is -0.118. The van der Waals surface area contributed by atoms with Gasteiger partial charge < -0.3 is 24.1 Å². The Kier molecular flexibility index (Phi) is 6.19. The molecule has 29 heavy (non-hydrogen) atoms. The predicted octanol–water partition coefficient (Wildman–Crippen LogP) is 3.22. The lowest BCUT2D eigenvalue weighted by Crippen LogP contribution is -2.21. The fraction of sp³-hybridized carbons (Fsp3) is 0.182. The third-order valence-electron chi connectivity index (χ3n) is 4.35. The molecule has 0 spiro atoms. The summed E-state index contributed by atoms with van der Waals surface area (Å²) >= 11 is 0. The van der Waals surface area contributed by atoms with E-state index < -0.39 is 0 Å². The van der Waals surface area contributed by atoms with E-state index >= 15 is 0 Å². The van der Waals surface area contributed by atoms with Crippen molar-refractivity contribution in [2.45, 2.75) is 6.54 Å². The van der Waals surface area contributed by atoms with Gasteiger partial charge in [0.05, 0.1) is 25.3 Å². The molecule has 0 fully saturated rings. The summed E-state index contributed by atoms with van der Waals surface area (Å²) in [4.78, 5) is 24.9. The number of hydrogen-bond donors (Lipinski definition) is 1. The molecular formula is C22H22N2O5. The van der Waals surface area contributed by atoms with Crippen LogP contribution in [0.3, 0.4) is 0 Å². The zero-order valence-electron chi connectivity index (χ0n) is 16.3. The first-order valence-electron chi connectivity index (χ1n) is 8.95. The number of carbonyl (C=O) groups excluding carboxylic acids is 1. The maximum Gasteiger partial charge on any atom is 0.262 e. The maximum absolute atomic E-state index is 12.5. The molecule has 2 aromatic carbocycles. The zero-order valence-corrected chi connectivity index (χ0v) is 16.3. The second-order valence-electron chi connectivity index (χ2n) is 6.18. The van der Waals surface area contributed by atoms with Gasteiger partial charge in [0.2, 0.25) is 0 Å². The van der Waals surface area contributed by atoms with E-state index in [0.29, 0.717) is 40.3 Å². The van der Waals surface area contributed by atoms with Crippen molar-refractivity contribution in [3.05, 3.63) is 71.7 Å². The van der Waals surface area contributed by atoms with Gasteiger partial charge in [0, 0.05) is 24.2 Å². The van der Waals surface area contributed by atoms with Gasteiger partial charge in [-0.2, -0.15) is 0 Å². The maximum atomic E-state index is 12.5. The number of fused-ring (bicyclic) bond motifs is 1. The topological polar surface area (TPSA) is 78.8 Å². The molecule has 0 aliphatic rings. The summed E-state index contributed by atoms with van der Waals surface area (Å²) in [6, 6.07) is 12.1. The Morgan fingerprint density at radius 1 is 1.10 bits per heavy atom. The van der Waals surface area contributed by atoms with Gasteiger partial charge in [0.1, 0.15) is 17.2 Å². The van der Waals surface area contributed by atoms with Crippen LogP contribution in [0.2, 0.25) is 0 Å². The number of ether oxygens (including phenoxy) is 3. The number of rotatable bonds is 8. The molecule has 0 unspecified atom stereocenters. The number of anilines is 1. The number of aromatic nitrogens is 1. The minimum absolute atomic E-state index is 0.139. The molecule has 0 saturated carbocycles. The van der Waals surface area contributed by atoms with Gasteiger partial charge in [-0.1, -0.05) is 12.1 Å². The fourth-order valence-electron chi connectivity index (χ4n) is 2.93. The van der Waals surface area contributed by atoms with Gasteiger partial charge in [-0.25, -0.2) is 0 Å². The molecule has 3 rings (SSSR count). The smallest absolute Gasteiger partial charge is 0.262 e. The molecule has 7 heteroatoms. The number of nitrogens with one attached hydrogen (secondary N) is 1. The van der Waals surface area contributed by atoms with Crippen molar-refractivity contribution in [3.8, 4) is 17.2 Å². The summed E-state index contributed by atoms with van der Waals surface area (Å²) in [6.45, 7) is 3.86. The van der Waals surface area contributed by atoms with Crippen molar-refractivity contribution in [1.29, 1.82) is 0 Å². The molecule has 1 amide bonds. The van der Waals surface area contributed by atoms with E-state index in [4.69, 9.17) is 14.2 Å². The summed E-state index contributed by atoms with van der Waals surface area (Å²) in [5, 5.41) is 3.91. The Morgan fingerprint density at radius 3 is 2.66 bits per heavy atom. The van der Waals surface area contributed by atoms with Gasteiger partial charge >= 0.3 is 0 Å². The first-order chi connectivity index (χ1) is 14.1. The van der Waals surface area contributed by atoms with Crippen molar-refractivity contribution >= 4 is 22.4 Å². The van der Waals surface area contributed by atoms with E-state index in [-0.39, 0.29) is 18.1 Å². The Labute approximate surface area is 168 Å². The van der Waals surface area contributed by atoms with Crippen molar-refractivity contribution in [1.82, 2.24) is 4.57 Å². The number of allylic oxidation sites excluding steroid dienone is 1. The zero-order chi connectivity index (χ0) is 20.8. The molecule has 0 bridgehead atoms. The third kappa shape index (κ3) is 4.40. The average molecular weight is 394 g/mol. The summed E-state index contributed by atoms with van der Waals surface area (Å²) in [5.41, 5.74) is 0.368. The number of carbonyl (C=O) groups is 1. The van der Waals surface area contributed by atoms with E-state index in [1.807, 2.05) is 0 Å². The van der Waals surface area contributed by atoms with E-state index in [1.165, 1.54) is 7.11 Å². The highest BCUT2D eigenvalue weighted by Gasteiger charge is 2.12. The molecule has 3 aromatic rings. The standard InChI is InChI=1S/C22H22N2O5/c1-4-11-24-12-10-16-17(22(24)26)6-5-7-19(16)29-14-21(25)23-18-9-8-15(27-2)13-20(18)28-3/h4-10,12-13H,1,11,14H2,2-3H3,(H,23,25). The van der Waals surface area contributed by atoms with Crippen LogP contribution < -0.4 is 25.1 Å². The quantitative estimate of drug-likeness (QED) is 0.594. The lowest BCUT2D eigenvalue weighted by atomic mass is 10.1. The Hall–Kier alpha value is -3.74. The number of amides is 1. The predicted molar refractivity (Wildman–Crippen MR) is 112 cm³/mol. The van der Waals surface area contributed by atoms with Crippen LogP contribution in [-0.2, 0) is 11.3 Å². The second kappa shape index (κ2) is 8.97. The van der Waals surface area contributed by atoms with Crippen LogP contribution in [0, 0.1) is 0 Å². The monoisotopic (exact) mass is 394 g/mol. The normalized spacial score (nSPS) is 10.4. The third-order valence-corrected chi connectivity index (χ3v) is 4.35. The fourth-order valence-corrected chi connectivity index (χ4v) is 2.93. The summed E-state index contributed by atoms with van der Waals surface area (Å²) in [7, 11) is 3.06. The number of methoxy groups -OCH3 is 2. The van der Waals surface area contributed by atoms with Gasteiger partial charge in [-0.15, -0.1) is 6.58 Å². The summed E-state index contributed by atoms with van der Waals surface area (Å²) in [5.74, 6) is 1.20. The Balaban J connectivity index is 1.75. The van der Waals surface area contributed by atoms with Crippen LogP contribution in [0.4, 0.5) is 5.69 Å². The van der Waals surface area contributed by atoms with Crippen molar-refractivity contribution < 1.29 is 19.0 Å². The van der Waals surface area contributed by atoms with Gasteiger partial charge in [0.15, 0.2) is 6.61 Å². The van der Waals surface area contributed by atoms with E-state index in [9.17, 15) is 9.59 Å². The molecule has 7 nitrogen and oxygen atoms in total. The average Bonchev–Trinajstić information content (AvgIpc) is 2.74. The largest absolute Gasteiger partial charge is 0.497 e. The Morgan fingerprint density at radius 2 is 1.93 bits per heavy atom. The first kappa shape index (κ1) is 20.0. The highest BCUT2D eigenvalue weighted by Crippen LogP contribution is 2.29. The van der Waals surface area contributed by atoms with Crippen LogP contribution in [0.25, 0.3) is 10.8 Å². The minimum atomic E-state index is -0.356. The van der Waals surface area contributed by atoms with E-state index in [0.717, 1.165) is 0 Å². The van der Waals surface area contributed by atoms with Crippen LogP contribution >= 0.6 is 0 Å². The molecule has 0 aliphatic heterocycles. The molecule has 150 valence electrons. The van der Waals surface area contributed by atoms with Gasteiger partial charge in [0.25, 0.3) is 11.5 Å². The molecule has 1 aromatic heterocycles. The lowest BCUT2D eigenvalue weighted by Gasteiger charge is -2.13. The number of benzene rings is 2. The van der Waals surface area contributed by atoms with Crippen LogP contribution in [0.5, 0.6) is 17.2 Å². The molecule has 0 saturated heterocycles. The highest BCUT2D eigenvalue weighted by atomic mass is 16.5. The number of pyridine rings is 1. The number of hydrogen-bond acceptors (Lipinski definition) is 5. The molecule has 1 N–H and O–H groups in total. The highest BCUT2D eigenvalue weighted by molar-refractivity contribution is 5.94. The van der Waals surface area contributed by atoms with Crippen molar-refractivity contribution in [2.75, 3.05) is 26.1 Å². The van der Waals surface area contributed by atoms with Crippen LogP contribution in [0.1, 0.15) is 0 Å². The molecule has 0 atom stereocenters. The molecule has 0 radical (unpaired) electrons. The molecular weight excluding hydrogens is 372 g/mol. The van der Waals surface area contributed by atoms with Crippen LogP contribution in [0.15, 0.2) is 66.1 Å². The second-order valence-corrected chi connectivity index (χ2v) is 6.18. The summed E-state index contributed by atoms with van der Waals surface area (Å²) in [6.07, 6.45) is 3.34. The Bertz CT molecular complexity index is 1100. The van der Waals surface area contributed by atoms with E-state index in [1.54, 1.807) is 66.4 Å². The van der Waals surface area contributed by atoms with Gasteiger partial charge in [-0.05, 0) is 30.3 Å². The van der Waals surface area contributed by atoms with Gasteiger partial charge in [-0.3, -0.25) is 9.59 Å². The molecule has 0 aliphatic carbocycles. The minimum Gasteiger partial charge on any atom is -0.497 e. The molecule has 1 heterocycles. The van der Waals surface area contributed by atoms with Crippen LogP contribution in [-0.4, -0.2) is 31.3 Å².